The predicted molar refractivity (Wildman–Crippen MR) is 62.8 cm³/mol. The van der Waals surface area contributed by atoms with Gasteiger partial charge in [-0.25, -0.2) is 0 Å². The van der Waals surface area contributed by atoms with Crippen LogP contribution in [0.3, 0.4) is 0 Å². The topological polar surface area (TPSA) is 69.4 Å². The number of ether oxygens (including phenoxy) is 2. The van der Waals surface area contributed by atoms with E-state index in [4.69, 9.17) is 14.0 Å². The highest BCUT2D eigenvalue weighted by molar-refractivity contribution is 4.92. The number of nitrogens with zero attached hydrogens (tertiary/aromatic N) is 2. The summed E-state index contributed by atoms with van der Waals surface area (Å²) >= 11 is 0. The summed E-state index contributed by atoms with van der Waals surface area (Å²) in [5.74, 6) is 1.18. The van der Waals surface area contributed by atoms with Crippen LogP contribution < -0.4 is 5.32 Å². The van der Waals surface area contributed by atoms with Crippen LogP contribution in [0.1, 0.15) is 31.7 Å². The molecule has 1 rings (SSSR count). The third kappa shape index (κ3) is 4.41. The highest BCUT2D eigenvalue weighted by atomic mass is 16.5. The lowest BCUT2D eigenvalue weighted by Crippen LogP contribution is -2.35. The van der Waals surface area contributed by atoms with Crippen LogP contribution in [0, 0.1) is 0 Å². The Morgan fingerprint density at radius 2 is 2.18 bits per heavy atom. The molecule has 98 valence electrons. The van der Waals surface area contributed by atoms with Crippen LogP contribution in [-0.2, 0) is 15.9 Å². The fraction of sp³-hybridized carbons (Fsp3) is 0.818. The first kappa shape index (κ1) is 14.1. The van der Waals surface area contributed by atoms with E-state index in [1.54, 1.807) is 14.2 Å². The van der Waals surface area contributed by atoms with Crippen LogP contribution in [0.25, 0.3) is 0 Å². The zero-order valence-electron chi connectivity index (χ0n) is 10.9. The zero-order chi connectivity index (χ0) is 12.7. The summed E-state index contributed by atoms with van der Waals surface area (Å²) in [7, 11) is 3.30. The van der Waals surface area contributed by atoms with Gasteiger partial charge in [-0.3, -0.25) is 0 Å². The minimum atomic E-state index is -0.146. The molecule has 0 fully saturated rings. The number of methoxy groups -OCH3 is 2. The third-order valence-corrected chi connectivity index (χ3v) is 2.48. The van der Waals surface area contributed by atoms with Crippen molar-refractivity contribution in [1.29, 1.82) is 0 Å². The molecule has 0 aromatic carbocycles. The van der Waals surface area contributed by atoms with Crippen molar-refractivity contribution in [2.75, 3.05) is 27.4 Å². The van der Waals surface area contributed by atoms with Crippen molar-refractivity contribution in [2.24, 2.45) is 0 Å². The number of aromatic nitrogens is 2. The Morgan fingerprint density at radius 3 is 2.76 bits per heavy atom. The van der Waals surface area contributed by atoms with Gasteiger partial charge in [0, 0.05) is 26.7 Å². The third-order valence-electron chi connectivity index (χ3n) is 2.48. The highest BCUT2D eigenvalue weighted by Crippen LogP contribution is 2.12. The van der Waals surface area contributed by atoms with E-state index >= 15 is 0 Å². The smallest absolute Gasteiger partial charge is 0.228 e. The molecular formula is C11H21N3O3. The fourth-order valence-corrected chi connectivity index (χ4v) is 1.51. The van der Waals surface area contributed by atoms with Gasteiger partial charge in [0.2, 0.25) is 5.89 Å². The lowest BCUT2D eigenvalue weighted by Gasteiger charge is -2.14. The van der Waals surface area contributed by atoms with Gasteiger partial charge in [-0.15, -0.1) is 0 Å². The standard InChI is InChI=1S/C11H21N3O3/c1-5-12-9(7-15-3)6-10-13-11(14-17-10)8(2)16-4/h8-9,12H,5-7H2,1-4H3. The lowest BCUT2D eigenvalue weighted by molar-refractivity contribution is 0.109. The van der Waals surface area contributed by atoms with Gasteiger partial charge in [0.25, 0.3) is 0 Å². The summed E-state index contributed by atoms with van der Waals surface area (Å²) in [6.45, 7) is 5.43. The van der Waals surface area contributed by atoms with E-state index in [1.165, 1.54) is 0 Å². The summed E-state index contributed by atoms with van der Waals surface area (Å²) in [5, 5.41) is 7.18. The molecule has 0 spiro atoms. The average Bonchev–Trinajstić information content (AvgIpc) is 2.77. The first-order chi connectivity index (χ1) is 8.21. The first-order valence-electron chi connectivity index (χ1n) is 5.78. The molecule has 0 amide bonds. The molecule has 0 aliphatic rings. The number of nitrogens with one attached hydrogen (secondary N) is 1. The summed E-state index contributed by atoms with van der Waals surface area (Å²) in [4.78, 5) is 4.29. The van der Waals surface area contributed by atoms with Crippen molar-refractivity contribution in [3.05, 3.63) is 11.7 Å². The van der Waals surface area contributed by atoms with E-state index in [2.05, 4.69) is 22.4 Å². The molecular weight excluding hydrogens is 222 g/mol. The van der Waals surface area contributed by atoms with Gasteiger partial charge in [0.15, 0.2) is 5.82 Å². The molecule has 1 N–H and O–H groups in total. The van der Waals surface area contributed by atoms with Gasteiger partial charge < -0.3 is 19.3 Å². The summed E-state index contributed by atoms with van der Waals surface area (Å²) in [5.41, 5.74) is 0. The maximum atomic E-state index is 5.17. The van der Waals surface area contributed by atoms with E-state index < -0.39 is 0 Å². The SMILES string of the molecule is CCNC(COC)Cc1nc(C(C)OC)no1. The molecule has 0 aliphatic heterocycles. The van der Waals surface area contributed by atoms with Gasteiger partial charge in [0.1, 0.15) is 6.10 Å². The molecule has 0 saturated carbocycles. The minimum absolute atomic E-state index is 0.146. The number of likely N-dealkylation sites (N-methyl/N-ethyl adjacent to an activating group) is 1. The number of rotatable bonds is 8. The van der Waals surface area contributed by atoms with Crippen LogP contribution in [0.2, 0.25) is 0 Å². The maximum Gasteiger partial charge on any atom is 0.228 e. The summed E-state index contributed by atoms with van der Waals surface area (Å²) in [6.07, 6.45) is 0.512. The van der Waals surface area contributed by atoms with Crippen molar-refractivity contribution in [2.45, 2.75) is 32.4 Å². The summed E-state index contributed by atoms with van der Waals surface area (Å²) < 4.78 is 15.4. The Kier molecular flexibility index (Phi) is 6.10. The molecule has 1 aromatic rings. The van der Waals surface area contributed by atoms with Crippen molar-refractivity contribution < 1.29 is 14.0 Å². The van der Waals surface area contributed by atoms with E-state index in [0.717, 1.165) is 6.54 Å². The van der Waals surface area contributed by atoms with Crippen molar-refractivity contribution in [1.82, 2.24) is 15.5 Å². The lowest BCUT2D eigenvalue weighted by atomic mass is 10.2. The quantitative estimate of drug-likeness (QED) is 0.733. The van der Waals surface area contributed by atoms with E-state index in [0.29, 0.717) is 24.7 Å². The predicted octanol–water partition coefficient (Wildman–Crippen LogP) is 0.944. The maximum absolute atomic E-state index is 5.17. The van der Waals surface area contributed by atoms with Crippen LogP contribution in [0.5, 0.6) is 0 Å². The monoisotopic (exact) mass is 243 g/mol. The summed E-state index contributed by atoms with van der Waals surface area (Å²) in [6, 6.07) is 0.191. The molecule has 6 heteroatoms. The molecule has 6 nitrogen and oxygen atoms in total. The molecule has 2 atom stereocenters. The minimum Gasteiger partial charge on any atom is -0.383 e. The van der Waals surface area contributed by atoms with E-state index in [9.17, 15) is 0 Å². The highest BCUT2D eigenvalue weighted by Gasteiger charge is 2.16. The molecule has 1 heterocycles. The molecule has 0 aliphatic carbocycles. The Bertz CT molecular complexity index is 311. The van der Waals surface area contributed by atoms with Gasteiger partial charge in [-0.05, 0) is 13.5 Å². The van der Waals surface area contributed by atoms with Crippen LogP contribution in [-0.4, -0.2) is 43.6 Å². The van der Waals surface area contributed by atoms with Gasteiger partial charge in [-0.2, -0.15) is 4.98 Å². The van der Waals surface area contributed by atoms with E-state index in [1.807, 2.05) is 6.92 Å². The molecule has 0 radical (unpaired) electrons. The number of hydrogen-bond donors (Lipinski definition) is 1. The molecule has 0 bridgehead atoms. The molecule has 2 unspecified atom stereocenters. The Labute approximate surface area is 102 Å². The van der Waals surface area contributed by atoms with Crippen molar-refractivity contribution in [3.63, 3.8) is 0 Å². The van der Waals surface area contributed by atoms with Crippen LogP contribution >= 0.6 is 0 Å². The molecule has 1 aromatic heterocycles. The Balaban J connectivity index is 2.56. The zero-order valence-corrected chi connectivity index (χ0v) is 10.9. The average molecular weight is 243 g/mol. The van der Waals surface area contributed by atoms with Crippen molar-refractivity contribution in [3.8, 4) is 0 Å². The second-order valence-corrected chi connectivity index (χ2v) is 3.84. The van der Waals surface area contributed by atoms with E-state index in [-0.39, 0.29) is 12.1 Å². The Morgan fingerprint density at radius 1 is 1.41 bits per heavy atom. The van der Waals surface area contributed by atoms with Gasteiger partial charge in [0.05, 0.1) is 6.61 Å². The molecule has 0 saturated heterocycles. The van der Waals surface area contributed by atoms with Gasteiger partial charge in [-0.1, -0.05) is 12.1 Å². The van der Waals surface area contributed by atoms with Crippen LogP contribution in [0.4, 0.5) is 0 Å². The number of hydrogen-bond acceptors (Lipinski definition) is 6. The Hall–Kier alpha value is -0.980. The molecule has 17 heavy (non-hydrogen) atoms. The van der Waals surface area contributed by atoms with Crippen LogP contribution in [0.15, 0.2) is 4.52 Å². The van der Waals surface area contributed by atoms with Gasteiger partial charge >= 0.3 is 0 Å². The normalized spacial score (nSPS) is 14.8. The van der Waals surface area contributed by atoms with Crippen molar-refractivity contribution >= 4 is 0 Å². The second kappa shape index (κ2) is 7.37. The fourth-order valence-electron chi connectivity index (χ4n) is 1.51. The first-order valence-corrected chi connectivity index (χ1v) is 5.78. The second-order valence-electron chi connectivity index (χ2n) is 3.84. The largest absolute Gasteiger partial charge is 0.383 e.